The fourth-order valence-electron chi connectivity index (χ4n) is 1.32. The summed E-state index contributed by atoms with van der Waals surface area (Å²) < 4.78 is 0.817. The van der Waals surface area contributed by atoms with Crippen molar-refractivity contribution in [2.45, 2.75) is 12.8 Å². The van der Waals surface area contributed by atoms with Crippen LogP contribution >= 0.6 is 27.3 Å². The van der Waals surface area contributed by atoms with Gasteiger partial charge in [0.1, 0.15) is 0 Å². The average molecular weight is 320 g/mol. The first-order chi connectivity index (χ1) is 8.02. The predicted octanol–water partition coefficient (Wildman–Crippen LogP) is 1.89. The lowest BCUT2D eigenvalue weighted by atomic mass is 10.1. The monoisotopic (exact) mass is 319 g/mol. The molecule has 1 aromatic heterocycles. The molecule has 8 heteroatoms. The van der Waals surface area contributed by atoms with Crippen LogP contribution in [0.1, 0.15) is 12.8 Å². The van der Waals surface area contributed by atoms with Gasteiger partial charge in [-0.2, -0.15) is 0 Å². The SMILES string of the molecule is O=C(NCC1(C(=O)O)CC1)Nc1ncc(Br)s1. The highest BCUT2D eigenvalue weighted by molar-refractivity contribution is 9.11. The number of amides is 2. The lowest BCUT2D eigenvalue weighted by Crippen LogP contribution is -2.36. The van der Waals surface area contributed by atoms with Crippen molar-refractivity contribution >= 4 is 44.4 Å². The number of carboxylic acid groups (broad SMARTS) is 1. The van der Waals surface area contributed by atoms with Gasteiger partial charge in [0.05, 0.1) is 15.4 Å². The fraction of sp³-hybridized carbons (Fsp3) is 0.444. The number of nitrogens with one attached hydrogen (secondary N) is 2. The minimum atomic E-state index is -0.852. The van der Waals surface area contributed by atoms with Gasteiger partial charge in [-0.05, 0) is 28.8 Å². The van der Waals surface area contributed by atoms with Crippen molar-refractivity contribution in [1.82, 2.24) is 10.3 Å². The first-order valence-corrected chi connectivity index (χ1v) is 6.52. The second kappa shape index (κ2) is 4.61. The van der Waals surface area contributed by atoms with E-state index in [0.29, 0.717) is 18.0 Å². The van der Waals surface area contributed by atoms with Crippen LogP contribution in [-0.2, 0) is 4.79 Å². The van der Waals surface area contributed by atoms with Gasteiger partial charge < -0.3 is 10.4 Å². The van der Waals surface area contributed by atoms with Crippen LogP contribution in [0.3, 0.4) is 0 Å². The van der Waals surface area contributed by atoms with Crippen LogP contribution in [0.25, 0.3) is 0 Å². The first kappa shape index (κ1) is 12.3. The Hall–Kier alpha value is -1.15. The summed E-state index contributed by atoms with van der Waals surface area (Å²) in [5, 5.41) is 14.5. The molecule has 3 N–H and O–H groups in total. The molecule has 0 spiro atoms. The van der Waals surface area contributed by atoms with Crippen LogP contribution in [0.2, 0.25) is 0 Å². The van der Waals surface area contributed by atoms with E-state index in [1.165, 1.54) is 11.3 Å². The van der Waals surface area contributed by atoms with Gasteiger partial charge in [-0.25, -0.2) is 9.78 Å². The molecule has 0 unspecified atom stereocenters. The molecule has 2 amide bonds. The zero-order valence-corrected chi connectivity index (χ0v) is 11.1. The summed E-state index contributed by atoms with van der Waals surface area (Å²) >= 11 is 4.52. The summed E-state index contributed by atoms with van der Waals surface area (Å²) in [5.74, 6) is -0.852. The summed E-state index contributed by atoms with van der Waals surface area (Å²) in [6.45, 7) is 0.153. The lowest BCUT2D eigenvalue weighted by Gasteiger charge is -2.10. The number of anilines is 1. The summed E-state index contributed by atoms with van der Waals surface area (Å²) in [4.78, 5) is 26.3. The highest BCUT2D eigenvalue weighted by atomic mass is 79.9. The standard InChI is InChI=1S/C9H10BrN3O3S/c10-5-3-11-8(17-5)13-7(16)12-4-9(1-2-9)6(14)15/h3H,1-2,4H2,(H,14,15)(H2,11,12,13,16). The molecule has 1 aromatic rings. The van der Waals surface area contributed by atoms with Crippen LogP contribution in [0, 0.1) is 5.41 Å². The van der Waals surface area contributed by atoms with E-state index in [2.05, 4.69) is 31.5 Å². The Balaban J connectivity index is 1.80. The van der Waals surface area contributed by atoms with E-state index in [0.717, 1.165) is 3.79 Å². The Morgan fingerprint density at radius 2 is 2.29 bits per heavy atom. The maximum atomic E-state index is 11.5. The van der Waals surface area contributed by atoms with Gasteiger partial charge in [-0.15, -0.1) is 0 Å². The number of nitrogens with zero attached hydrogens (tertiary/aromatic N) is 1. The van der Waals surface area contributed by atoms with Gasteiger partial charge in [0, 0.05) is 6.54 Å². The van der Waals surface area contributed by atoms with Gasteiger partial charge in [-0.1, -0.05) is 11.3 Å². The van der Waals surface area contributed by atoms with Crippen LogP contribution in [0.4, 0.5) is 9.93 Å². The van der Waals surface area contributed by atoms with E-state index in [9.17, 15) is 9.59 Å². The molecule has 0 atom stereocenters. The Morgan fingerprint density at radius 3 is 2.76 bits per heavy atom. The van der Waals surface area contributed by atoms with Crippen molar-refractivity contribution in [2.24, 2.45) is 5.41 Å². The second-order valence-electron chi connectivity index (χ2n) is 3.86. The number of carbonyl (C=O) groups excluding carboxylic acids is 1. The number of aliphatic carboxylic acids is 1. The fourth-order valence-corrected chi connectivity index (χ4v) is 2.42. The Morgan fingerprint density at radius 1 is 1.59 bits per heavy atom. The normalized spacial score (nSPS) is 16.3. The smallest absolute Gasteiger partial charge is 0.321 e. The number of thiazole rings is 1. The molecule has 1 heterocycles. The first-order valence-electron chi connectivity index (χ1n) is 4.91. The van der Waals surface area contributed by atoms with Gasteiger partial charge in [0.15, 0.2) is 5.13 Å². The number of rotatable bonds is 4. The molecule has 1 fully saturated rings. The summed E-state index contributed by atoms with van der Waals surface area (Å²) in [6, 6.07) is -0.431. The number of carbonyl (C=O) groups is 2. The Bertz CT molecular complexity index is 458. The summed E-state index contributed by atoms with van der Waals surface area (Å²) in [5.41, 5.74) is -0.749. The van der Waals surface area contributed by atoms with Crippen LogP contribution in [0.5, 0.6) is 0 Å². The van der Waals surface area contributed by atoms with Crippen LogP contribution in [-0.4, -0.2) is 28.6 Å². The third-order valence-electron chi connectivity index (χ3n) is 2.59. The largest absolute Gasteiger partial charge is 0.481 e. The molecule has 0 aromatic carbocycles. The van der Waals surface area contributed by atoms with Crippen molar-refractivity contribution in [2.75, 3.05) is 11.9 Å². The number of hydrogen-bond donors (Lipinski definition) is 3. The number of urea groups is 1. The van der Waals surface area contributed by atoms with Gasteiger partial charge >= 0.3 is 12.0 Å². The van der Waals surface area contributed by atoms with Crippen molar-refractivity contribution in [3.8, 4) is 0 Å². The molecule has 92 valence electrons. The number of halogens is 1. The molecular formula is C9H10BrN3O3S. The zero-order valence-electron chi connectivity index (χ0n) is 8.70. The highest BCUT2D eigenvalue weighted by Gasteiger charge is 2.50. The second-order valence-corrected chi connectivity index (χ2v) is 6.27. The van der Waals surface area contributed by atoms with E-state index in [-0.39, 0.29) is 6.54 Å². The van der Waals surface area contributed by atoms with Crippen LogP contribution in [0.15, 0.2) is 9.98 Å². The third-order valence-corrected chi connectivity index (χ3v) is 3.98. The van der Waals surface area contributed by atoms with Crippen molar-refractivity contribution < 1.29 is 14.7 Å². The topological polar surface area (TPSA) is 91.3 Å². The molecule has 0 saturated heterocycles. The van der Waals surface area contributed by atoms with Crippen molar-refractivity contribution in [3.05, 3.63) is 9.98 Å². The molecule has 0 aliphatic heterocycles. The van der Waals surface area contributed by atoms with E-state index < -0.39 is 17.4 Å². The molecule has 0 radical (unpaired) electrons. The minimum absolute atomic E-state index is 0.153. The Labute approximate surface area is 110 Å². The molecule has 2 rings (SSSR count). The number of carboxylic acids is 1. The number of aromatic nitrogens is 1. The summed E-state index contributed by atoms with van der Waals surface area (Å²) in [6.07, 6.45) is 2.82. The quantitative estimate of drug-likeness (QED) is 0.790. The maximum Gasteiger partial charge on any atom is 0.321 e. The minimum Gasteiger partial charge on any atom is -0.481 e. The molecule has 1 aliphatic rings. The van der Waals surface area contributed by atoms with Crippen molar-refractivity contribution in [1.29, 1.82) is 0 Å². The van der Waals surface area contributed by atoms with Crippen molar-refractivity contribution in [3.63, 3.8) is 0 Å². The van der Waals surface area contributed by atoms with E-state index in [1.807, 2.05) is 0 Å². The predicted molar refractivity (Wildman–Crippen MR) is 66.1 cm³/mol. The molecule has 17 heavy (non-hydrogen) atoms. The van der Waals surface area contributed by atoms with E-state index >= 15 is 0 Å². The molecule has 6 nitrogen and oxygen atoms in total. The highest BCUT2D eigenvalue weighted by Crippen LogP contribution is 2.45. The lowest BCUT2D eigenvalue weighted by molar-refractivity contribution is -0.143. The van der Waals surface area contributed by atoms with Gasteiger partial charge in [0.2, 0.25) is 0 Å². The van der Waals surface area contributed by atoms with E-state index in [1.54, 1.807) is 6.20 Å². The Kier molecular flexibility index (Phi) is 3.34. The summed E-state index contributed by atoms with van der Waals surface area (Å²) in [7, 11) is 0. The van der Waals surface area contributed by atoms with E-state index in [4.69, 9.17) is 5.11 Å². The van der Waals surface area contributed by atoms with Crippen LogP contribution < -0.4 is 10.6 Å². The van der Waals surface area contributed by atoms with Gasteiger partial charge in [0.25, 0.3) is 0 Å². The van der Waals surface area contributed by atoms with Gasteiger partial charge in [-0.3, -0.25) is 10.1 Å². The molecule has 1 saturated carbocycles. The average Bonchev–Trinajstić information content (AvgIpc) is 2.96. The zero-order chi connectivity index (χ0) is 12.5. The molecular weight excluding hydrogens is 310 g/mol. The molecule has 0 bridgehead atoms. The molecule has 1 aliphatic carbocycles. The maximum absolute atomic E-state index is 11.5. The number of hydrogen-bond acceptors (Lipinski definition) is 4. The third kappa shape index (κ3) is 2.95.